The van der Waals surface area contributed by atoms with E-state index in [2.05, 4.69) is 30.5 Å². The van der Waals surface area contributed by atoms with Crippen molar-refractivity contribution in [2.75, 3.05) is 31.1 Å². The summed E-state index contributed by atoms with van der Waals surface area (Å²) in [5.41, 5.74) is 6.27. The molecule has 2 saturated heterocycles. The van der Waals surface area contributed by atoms with Crippen LogP contribution in [-0.2, 0) is 0 Å². The van der Waals surface area contributed by atoms with Crippen LogP contribution in [0.25, 0.3) is 0 Å². The first kappa shape index (κ1) is 11.7. The number of thioether (sulfide) groups is 1. The molecule has 2 heterocycles. The molecule has 2 aliphatic heterocycles. The van der Waals surface area contributed by atoms with Gasteiger partial charge in [0.15, 0.2) is 0 Å². The van der Waals surface area contributed by atoms with E-state index in [1.54, 1.807) is 0 Å². The standard InChI is InChI=1S/C12H24N2S/c1-12(2)4-6-15-9-11(12)14-5-3-10(7-13)8-14/h10-11H,3-9,13H2,1-2H3. The van der Waals surface area contributed by atoms with E-state index in [9.17, 15) is 0 Å². The summed E-state index contributed by atoms with van der Waals surface area (Å²) in [7, 11) is 0. The van der Waals surface area contributed by atoms with E-state index in [4.69, 9.17) is 5.73 Å². The summed E-state index contributed by atoms with van der Waals surface area (Å²) in [6.07, 6.45) is 2.68. The van der Waals surface area contributed by atoms with E-state index in [1.807, 2.05) is 0 Å². The average molecular weight is 228 g/mol. The Bertz CT molecular complexity index is 218. The van der Waals surface area contributed by atoms with E-state index in [0.717, 1.165) is 18.5 Å². The molecular weight excluding hydrogens is 204 g/mol. The number of hydrogen-bond acceptors (Lipinski definition) is 3. The van der Waals surface area contributed by atoms with Gasteiger partial charge in [-0.25, -0.2) is 0 Å². The maximum absolute atomic E-state index is 5.76. The van der Waals surface area contributed by atoms with Gasteiger partial charge in [-0.1, -0.05) is 13.8 Å². The third kappa shape index (κ3) is 2.51. The Labute approximate surface area is 98.0 Å². The number of hydrogen-bond donors (Lipinski definition) is 1. The fourth-order valence-corrected chi connectivity index (χ4v) is 4.58. The molecule has 0 saturated carbocycles. The second-order valence-corrected chi connectivity index (χ2v) is 6.86. The lowest BCUT2D eigenvalue weighted by Crippen LogP contribution is -2.48. The van der Waals surface area contributed by atoms with Crippen LogP contribution in [0.4, 0.5) is 0 Å². The Morgan fingerprint density at radius 1 is 1.47 bits per heavy atom. The van der Waals surface area contributed by atoms with Crippen molar-refractivity contribution in [3.05, 3.63) is 0 Å². The molecule has 2 N–H and O–H groups in total. The van der Waals surface area contributed by atoms with Crippen molar-refractivity contribution in [2.45, 2.75) is 32.7 Å². The van der Waals surface area contributed by atoms with Crippen LogP contribution in [0.15, 0.2) is 0 Å². The summed E-state index contributed by atoms with van der Waals surface area (Å²) >= 11 is 2.13. The first-order chi connectivity index (χ1) is 7.13. The van der Waals surface area contributed by atoms with Crippen molar-refractivity contribution in [3.63, 3.8) is 0 Å². The largest absolute Gasteiger partial charge is 0.330 e. The van der Waals surface area contributed by atoms with Gasteiger partial charge in [-0.15, -0.1) is 0 Å². The van der Waals surface area contributed by atoms with E-state index in [0.29, 0.717) is 5.41 Å². The average Bonchev–Trinajstić information content (AvgIpc) is 2.65. The highest BCUT2D eigenvalue weighted by atomic mass is 32.2. The van der Waals surface area contributed by atoms with E-state index < -0.39 is 0 Å². The Balaban J connectivity index is 1.97. The van der Waals surface area contributed by atoms with Crippen LogP contribution in [0.2, 0.25) is 0 Å². The molecule has 88 valence electrons. The fraction of sp³-hybridized carbons (Fsp3) is 1.00. The number of rotatable bonds is 2. The molecule has 0 aromatic heterocycles. The molecule has 0 amide bonds. The van der Waals surface area contributed by atoms with Crippen LogP contribution < -0.4 is 5.73 Å². The molecule has 0 radical (unpaired) electrons. The summed E-state index contributed by atoms with van der Waals surface area (Å²) in [4.78, 5) is 2.70. The summed E-state index contributed by atoms with van der Waals surface area (Å²) in [5.74, 6) is 3.43. The molecule has 2 unspecified atom stereocenters. The molecule has 0 spiro atoms. The van der Waals surface area contributed by atoms with E-state index in [-0.39, 0.29) is 0 Å². The minimum Gasteiger partial charge on any atom is -0.330 e. The van der Waals surface area contributed by atoms with E-state index in [1.165, 1.54) is 37.4 Å². The van der Waals surface area contributed by atoms with Crippen molar-refractivity contribution in [1.82, 2.24) is 4.90 Å². The number of likely N-dealkylation sites (tertiary alicyclic amines) is 1. The van der Waals surface area contributed by atoms with Gasteiger partial charge < -0.3 is 5.73 Å². The molecule has 3 heteroatoms. The topological polar surface area (TPSA) is 29.3 Å². The molecule has 2 atom stereocenters. The van der Waals surface area contributed by atoms with Gasteiger partial charge in [0.05, 0.1) is 0 Å². The van der Waals surface area contributed by atoms with Crippen LogP contribution in [0, 0.1) is 11.3 Å². The Morgan fingerprint density at radius 2 is 2.27 bits per heavy atom. The maximum Gasteiger partial charge on any atom is 0.0237 e. The SMILES string of the molecule is CC1(C)CCSCC1N1CCC(CN)C1. The van der Waals surface area contributed by atoms with E-state index >= 15 is 0 Å². The Hall–Kier alpha value is 0.270. The molecule has 0 aromatic carbocycles. The highest BCUT2D eigenvalue weighted by Crippen LogP contribution is 2.38. The Kier molecular flexibility index (Phi) is 3.63. The quantitative estimate of drug-likeness (QED) is 0.781. The predicted octanol–water partition coefficient (Wildman–Crippen LogP) is 1.80. The summed E-state index contributed by atoms with van der Waals surface area (Å²) in [6, 6.07) is 0.785. The van der Waals surface area contributed by atoms with Gasteiger partial charge in [-0.3, -0.25) is 4.90 Å². The highest BCUT2D eigenvalue weighted by Gasteiger charge is 2.39. The zero-order chi connectivity index (χ0) is 10.9. The molecule has 0 bridgehead atoms. The molecule has 2 fully saturated rings. The molecule has 0 aliphatic carbocycles. The number of nitrogens with two attached hydrogens (primary N) is 1. The Morgan fingerprint density at radius 3 is 2.87 bits per heavy atom. The van der Waals surface area contributed by atoms with Crippen molar-refractivity contribution in [3.8, 4) is 0 Å². The second kappa shape index (κ2) is 4.64. The van der Waals surface area contributed by atoms with Crippen LogP contribution in [-0.4, -0.2) is 42.1 Å². The normalized spacial score (nSPS) is 37.0. The highest BCUT2D eigenvalue weighted by molar-refractivity contribution is 7.99. The monoisotopic (exact) mass is 228 g/mol. The van der Waals surface area contributed by atoms with Crippen molar-refractivity contribution < 1.29 is 0 Å². The van der Waals surface area contributed by atoms with Crippen LogP contribution in [0.5, 0.6) is 0 Å². The molecular formula is C12H24N2S. The third-order valence-electron chi connectivity index (χ3n) is 4.16. The second-order valence-electron chi connectivity index (χ2n) is 5.71. The number of nitrogens with zero attached hydrogens (tertiary/aromatic N) is 1. The molecule has 0 aromatic rings. The predicted molar refractivity (Wildman–Crippen MR) is 68.2 cm³/mol. The zero-order valence-corrected chi connectivity index (χ0v) is 10.9. The first-order valence-corrected chi connectivity index (χ1v) is 7.31. The van der Waals surface area contributed by atoms with Gasteiger partial charge in [-0.2, -0.15) is 11.8 Å². The lowest BCUT2D eigenvalue weighted by molar-refractivity contribution is 0.117. The molecule has 15 heavy (non-hydrogen) atoms. The van der Waals surface area contributed by atoms with Crippen molar-refractivity contribution in [2.24, 2.45) is 17.1 Å². The molecule has 2 rings (SSSR count). The lowest BCUT2D eigenvalue weighted by atomic mass is 9.81. The minimum absolute atomic E-state index is 0.509. The lowest BCUT2D eigenvalue weighted by Gasteiger charge is -2.43. The third-order valence-corrected chi connectivity index (χ3v) is 5.20. The van der Waals surface area contributed by atoms with Crippen molar-refractivity contribution in [1.29, 1.82) is 0 Å². The summed E-state index contributed by atoms with van der Waals surface area (Å²) in [5, 5.41) is 0. The minimum atomic E-state index is 0.509. The van der Waals surface area contributed by atoms with Crippen LogP contribution in [0.3, 0.4) is 0 Å². The van der Waals surface area contributed by atoms with Gasteiger partial charge in [0, 0.05) is 18.3 Å². The smallest absolute Gasteiger partial charge is 0.0237 e. The van der Waals surface area contributed by atoms with Crippen molar-refractivity contribution >= 4 is 11.8 Å². The fourth-order valence-electron chi connectivity index (χ4n) is 2.86. The van der Waals surface area contributed by atoms with Crippen LogP contribution in [0.1, 0.15) is 26.7 Å². The van der Waals surface area contributed by atoms with Gasteiger partial charge in [0.25, 0.3) is 0 Å². The first-order valence-electron chi connectivity index (χ1n) is 6.15. The van der Waals surface area contributed by atoms with Crippen LogP contribution >= 0.6 is 11.8 Å². The van der Waals surface area contributed by atoms with Gasteiger partial charge >= 0.3 is 0 Å². The maximum atomic E-state index is 5.76. The summed E-state index contributed by atoms with van der Waals surface area (Å²) in [6.45, 7) is 8.26. The molecule has 2 aliphatic rings. The zero-order valence-electron chi connectivity index (χ0n) is 10.0. The van der Waals surface area contributed by atoms with Gasteiger partial charge in [-0.05, 0) is 43.0 Å². The molecule has 2 nitrogen and oxygen atoms in total. The van der Waals surface area contributed by atoms with Gasteiger partial charge in [0.2, 0.25) is 0 Å². The summed E-state index contributed by atoms with van der Waals surface area (Å²) < 4.78 is 0. The van der Waals surface area contributed by atoms with Gasteiger partial charge in [0.1, 0.15) is 0 Å².